The second-order valence-corrected chi connectivity index (χ2v) is 10.3. The summed E-state index contributed by atoms with van der Waals surface area (Å²) in [4.78, 5) is 27.1. The van der Waals surface area contributed by atoms with E-state index >= 15 is 0 Å². The number of fused-ring (bicyclic) bond motifs is 1. The Balaban J connectivity index is 0.000000365. The summed E-state index contributed by atoms with van der Waals surface area (Å²) < 4.78 is 7.16. The summed E-state index contributed by atoms with van der Waals surface area (Å²) in [6.45, 7) is 9.21. The molecule has 1 aliphatic rings. The molecule has 0 spiro atoms. The van der Waals surface area contributed by atoms with Crippen LogP contribution in [-0.4, -0.2) is 100 Å². The number of carboxylic acid groups (broad SMARTS) is 2. The highest BCUT2D eigenvalue weighted by Gasteiger charge is 2.29. The molecule has 3 atom stereocenters. The van der Waals surface area contributed by atoms with Gasteiger partial charge in [0.25, 0.3) is 0 Å². The van der Waals surface area contributed by atoms with Gasteiger partial charge in [-0.2, -0.15) is 5.10 Å². The van der Waals surface area contributed by atoms with Crippen molar-refractivity contribution in [2.45, 2.75) is 58.3 Å². The second kappa shape index (κ2) is 14.1. The molecule has 43 heavy (non-hydrogen) atoms. The molecule has 0 unspecified atom stereocenters. The van der Waals surface area contributed by atoms with Crippen LogP contribution in [0.4, 0.5) is 0 Å². The first-order valence-corrected chi connectivity index (χ1v) is 14.1. The predicted octanol–water partition coefficient (Wildman–Crippen LogP) is 2.49. The molecule has 13 heteroatoms. The zero-order valence-corrected chi connectivity index (χ0v) is 24.3. The average Bonchev–Trinajstić information content (AvgIpc) is 3.60. The van der Waals surface area contributed by atoms with Gasteiger partial charge in [0.1, 0.15) is 0 Å². The molecule has 3 aromatic heterocycles. The second-order valence-electron chi connectivity index (χ2n) is 10.3. The number of pyridine rings is 1. The topological polar surface area (TPSA) is 184 Å². The average molecular weight is 593 g/mol. The summed E-state index contributed by atoms with van der Waals surface area (Å²) >= 11 is 0. The number of ether oxygens (including phenoxy) is 1. The molecule has 4 N–H and O–H groups in total. The van der Waals surface area contributed by atoms with Crippen molar-refractivity contribution in [2.75, 3.05) is 19.7 Å². The van der Waals surface area contributed by atoms with Gasteiger partial charge in [0.2, 0.25) is 5.88 Å². The fourth-order valence-corrected chi connectivity index (χ4v) is 4.89. The number of nitrogens with zero attached hydrogens (tertiary/aromatic N) is 6. The number of benzene rings is 1. The van der Waals surface area contributed by atoms with E-state index in [0.29, 0.717) is 24.3 Å². The minimum Gasteiger partial charge on any atom is -0.479 e. The number of rotatable bonds is 10. The van der Waals surface area contributed by atoms with Crippen LogP contribution in [0, 0.1) is 6.92 Å². The first kappa shape index (κ1) is 31.5. The van der Waals surface area contributed by atoms with Gasteiger partial charge in [-0.3, -0.25) is 0 Å². The molecular formula is C30H36N6O7. The van der Waals surface area contributed by atoms with Crippen molar-refractivity contribution in [1.29, 1.82) is 0 Å². The van der Waals surface area contributed by atoms with Crippen LogP contribution in [-0.2, 0) is 16.0 Å². The lowest BCUT2D eigenvalue weighted by Crippen LogP contribution is -2.39. The van der Waals surface area contributed by atoms with Crippen molar-refractivity contribution in [3.63, 3.8) is 0 Å². The standard InChI is InChI=1S/C26H30N6O.C4H6O6/c1-4-33-26-12-11-25(29-30-26)32-19(3)22(17-27-32)24-10-8-21-16-20(7-9-23(21)28-24)13-15-31-14-5-6-18(31)2;5-1(3(7)8)2(6)4(9)10/h7-12,16-18H,4-6,13-15H2,1-3H3;1-2,5-6H,(H,7,8)(H,9,10)/t18-;1-,2-/m11/s1. The van der Waals surface area contributed by atoms with E-state index in [-0.39, 0.29) is 0 Å². The van der Waals surface area contributed by atoms with Crippen LogP contribution < -0.4 is 4.74 Å². The van der Waals surface area contributed by atoms with Crippen LogP contribution in [0.3, 0.4) is 0 Å². The highest BCUT2D eigenvalue weighted by Crippen LogP contribution is 2.26. The number of hydrogen-bond acceptors (Lipinski definition) is 10. The molecule has 4 heterocycles. The Morgan fingerprint density at radius 2 is 1.79 bits per heavy atom. The third-order valence-electron chi connectivity index (χ3n) is 7.36. The van der Waals surface area contributed by atoms with Gasteiger partial charge < -0.3 is 30.1 Å². The van der Waals surface area contributed by atoms with Crippen molar-refractivity contribution in [3.8, 4) is 23.0 Å². The monoisotopic (exact) mass is 592 g/mol. The Kier molecular flexibility index (Phi) is 10.3. The molecule has 0 amide bonds. The van der Waals surface area contributed by atoms with E-state index in [1.165, 1.54) is 30.3 Å². The predicted molar refractivity (Wildman–Crippen MR) is 157 cm³/mol. The summed E-state index contributed by atoms with van der Waals surface area (Å²) in [6.07, 6.45) is 1.04. The third kappa shape index (κ3) is 7.69. The summed E-state index contributed by atoms with van der Waals surface area (Å²) in [6, 6.07) is 15.2. The first-order chi connectivity index (χ1) is 20.6. The zero-order chi connectivity index (χ0) is 31.1. The normalized spacial score (nSPS) is 16.3. The minimum absolute atomic E-state index is 0.511. The van der Waals surface area contributed by atoms with Crippen LogP contribution in [0.5, 0.6) is 5.88 Å². The number of aromatic nitrogens is 5. The minimum atomic E-state index is -2.27. The Labute approximate surface area is 248 Å². The van der Waals surface area contributed by atoms with Crippen LogP contribution in [0.15, 0.2) is 48.7 Å². The zero-order valence-electron chi connectivity index (χ0n) is 24.3. The summed E-state index contributed by atoms with van der Waals surface area (Å²) in [7, 11) is 0. The molecule has 0 radical (unpaired) electrons. The molecule has 1 saturated heterocycles. The number of aliphatic hydroxyl groups is 2. The van der Waals surface area contributed by atoms with Gasteiger partial charge in [-0.25, -0.2) is 19.3 Å². The Bertz CT molecular complexity index is 1540. The maximum atomic E-state index is 9.77. The SMILES string of the molecule is CCOc1ccc(-n2ncc(-c3ccc4cc(CCN5CCC[C@H]5C)ccc4n3)c2C)nn1.O=C(O)[C@H](O)[C@@H](O)C(=O)O. The summed E-state index contributed by atoms with van der Waals surface area (Å²) in [5.41, 5.74) is 5.23. The van der Waals surface area contributed by atoms with Gasteiger partial charge in [0, 0.05) is 29.6 Å². The molecule has 0 saturated carbocycles. The van der Waals surface area contributed by atoms with Crippen molar-refractivity contribution in [2.24, 2.45) is 0 Å². The molecule has 1 aliphatic heterocycles. The lowest BCUT2D eigenvalue weighted by molar-refractivity contribution is -0.165. The van der Waals surface area contributed by atoms with Crippen LogP contribution in [0.1, 0.15) is 37.9 Å². The van der Waals surface area contributed by atoms with E-state index in [0.717, 1.165) is 35.4 Å². The van der Waals surface area contributed by atoms with Gasteiger partial charge in [-0.1, -0.05) is 12.1 Å². The fraction of sp³-hybridized carbons (Fsp3) is 0.400. The number of hydrogen-bond donors (Lipinski definition) is 4. The van der Waals surface area contributed by atoms with Crippen LogP contribution in [0.25, 0.3) is 28.0 Å². The molecule has 1 aromatic carbocycles. The lowest BCUT2D eigenvalue weighted by atomic mass is 10.1. The summed E-state index contributed by atoms with van der Waals surface area (Å²) in [5.74, 6) is -2.37. The molecule has 5 rings (SSSR count). The number of aliphatic hydroxyl groups excluding tert-OH is 2. The number of carboxylic acids is 2. The van der Waals surface area contributed by atoms with Crippen LogP contribution >= 0.6 is 0 Å². The molecule has 1 fully saturated rings. The third-order valence-corrected chi connectivity index (χ3v) is 7.36. The van der Waals surface area contributed by atoms with E-state index in [1.807, 2.05) is 32.2 Å². The van der Waals surface area contributed by atoms with E-state index in [1.54, 1.807) is 4.68 Å². The van der Waals surface area contributed by atoms with E-state index < -0.39 is 24.1 Å². The lowest BCUT2D eigenvalue weighted by Gasteiger charge is -2.20. The molecule has 228 valence electrons. The van der Waals surface area contributed by atoms with Crippen LogP contribution in [0.2, 0.25) is 0 Å². The number of carbonyl (C=O) groups is 2. The quantitative estimate of drug-likeness (QED) is 0.211. The summed E-state index contributed by atoms with van der Waals surface area (Å²) in [5, 5.41) is 46.6. The van der Waals surface area contributed by atoms with E-state index in [2.05, 4.69) is 57.5 Å². The highest BCUT2D eigenvalue weighted by molar-refractivity contribution is 5.83. The maximum absolute atomic E-state index is 9.77. The smallest absolute Gasteiger partial charge is 0.335 e. The Morgan fingerprint density at radius 3 is 2.40 bits per heavy atom. The number of likely N-dealkylation sites (tertiary alicyclic amines) is 1. The highest BCUT2D eigenvalue weighted by atomic mass is 16.5. The maximum Gasteiger partial charge on any atom is 0.335 e. The Hall–Kier alpha value is -4.46. The van der Waals surface area contributed by atoms with Gasteiger partial charge in [0.15, 0.2) is 18.0 Å². The van der Waals surface area contributed by atoms with Gasteiger partial charge in [0.05, 0.1) is 29.7 Å². The van der Waals surface area contributed by atoms with Gasteiger partial charge in [-0.15, -0.1) is 10.2 Å². The Morgan fingerprint density at radius 1 is 1.05 bits per heavy atom. The largest absolute Gasteiger partial charge is 0.479 e. The van der Waals surface area contributed by atoms with Gasteiger partial charge in [-0.05, 0) is 76.4 Å². The van der Waals surface area contributed by atoms with E-state index in [9.17, 15) is 9.59 Å². The molecular weight excluding hydrogens is 556 g/mol. The van der Waals surface area contributed by atoms with Gasteiger partial charge >= 0.3 is 11.9 Å². The van der Waals surface area contributed by atoms with Crippen molar-refractivity contribution in [1.82, 2.24) is 29.9 Å². The first-order valence-electron chi connectivity index (χ1n) is 14.1. The number of aliphatic carboxylic acids is 2. The van der Waals surface area contributed by atoms with Crippen molar-refractivity contribution in [3.05, 3.63) is 59.9 Å². The molecule has 0 bridgehead atoms. The van der Waals surface area contributed by atoms with Crippen molar-refractivity contribution < 1.29 is 34.8 Å². The molecule has 0 aliphatic carbocycles. The molecule has 4 aromatic rings. The van der Waals surface area contributed by atoms with Crippen molar-refractivity contribution >= 4 is 22.8 Å². The fourth-order valence-electron chi connectivity index (χ4n) is 4.89. The molecule has 13 nitrogen and oxygen atoms in total. The van der Waals surface area contributed by atoms with E-state index in [4.69, 9.17) is 30.1 Å².